The zero-order chi connectivity index (χ0) is 14.8. The summed E-state index contributed by atoms with van der Waals surface area (Å²) in [5, 5.41) is 0. The van der Waals surface area contributed by atoms with Crippen LogP contribution in [0, 0.1) is 7.14 Å². The predicted octanol–water partition coefficient (Wildman–Crippen LogP) is 3.13. The van der Waals surface area contributed by atoms with E-state index in [9.17, 15) is 9.59 Å². The van der Waals surface area contributed by atoms with Gasteiger partial charge in [-0.05, 0) is 83.6 Å². The van der Waals surface area contributed by atoms with Crippen molar-refractivity contribution in [2.24, 2.45) is 0 Å². The number of hydrogen-bond acceptors (Lipinski definition) is 3. The first-order valence-electron chi connectivity index (χ1n) is 5.55. The highest BCUT2D eigenvalue weighted by Crippen LogP contribution is 2.25. The van der Waals surface area contributed by atoms with Crippen molar-refractivity contribution >= 4 is 57.1 Å². The Morgan fingerprint density at radius 1 is 1.21 bits per heavy atom. The monoisotopic (exact) mass is 486 g/mol. The molecule has 1 rings (SSSR count). The van der Waals surface area contributed by atoms with Gasteiger partial charge in [-0.3, -0.25) is 15.3 Å². The predicted molar refractivity (Wildman–Crippen MR) is 88.6 cm³/mol. The molecule has 19 heavy (non-hydrogen) atoms. The maximum Gasteiger partial charge on any atom is 0.323 e. The minimum absolute atomic E-state index is 0.499. The zero-order valence-corrected chi connectivity index (χ0v) is 15.1. The van der Waals surface area contributed by atoms with Gasteiger partial charge in [0.2, 0.25) is 0 Å². The van der Waals surface area contributed by atoms with E-state index in [2.05, 4.69) is 45.2 Å². The molecule has 1 N–H and O–H groups in total. The van der Waals surface area contributed by atoms with E-state index < -0.39 is 23.4 Å². The molecule has 0 aromatic heterocycles. The fourth-order valence-corrected chi connectivity index (χ4v) is 2.32. The summed E-state index contributed by atoms with van der Waals surface area (Å²) in [4.78, 5) is 23.5. The maximum atomic E-state index is 12.0. The number of halogens is 2. The normalized spacial score (nSPS) is 12.9. The van der Waals surface area contributed by atoms with Crippen LogP contribution < -0.4 is 5.73 Å². The van der Waals surface area contributed by atoms with Gasteiger partial charge >= 0.3 is 5.97 Å². The lowest BCUT2D eigenvalue weighted by Crippen LogP contribution is -2.31. The fourth-order valence-electron chi connectivity index (χ4n) is 1.45. The molecule has 1 radical (unpaired) electrons. The van der Waals surface area contributed by atoms with E-state index >= 15 is 0 Å². The van der Waals surface area contributed by atoms with Crippen molar-refractivity contribution in [3.63, 3.8) is 0 Å². The first kappa shape index (κ1) is 16.7. The molecule has 1 aromatic carbocycles. The molecular formula is C13H14I2NO3. The summed E-state index contributed by atoms with van der Waals surface area (Å²) in [6, 6.07) is 5.24. The Hall–Kier alpha value is -0.380. The summed E-state index contributed by atoms with van der Waals surface area (Å²) >= 11 is 4.29. The van der Waals surface area contributed by atoms with E-state index in [0.29, 0.717) is 5.56 Å². The van der Waals surface area contributed by atoms with Crippen molar-refractivity contribution in [2.75, 3.05) is 0 Å². The molecule has 1 unspecified atom stereocenters. The van der Waals surface area contributed by atoms with Crippen LogP contribution >= 0.6 is 45.2 Å². The third kappa shape index (κ3) is 4.90. The van der Waals surface area contributed by atoms with Gasteiger partial charge in [-0.1, -0.05) is 6.07 Å². The van der Waals surface area contributed by atoms with E-state index in [1.807, 2.05) is 6.07 Å². The molecule has 0 aliphatic heterocycles. The number of esters is 1. The van der Waals surface area contributed by atoms with Gasteiger partial charge in [-0.25, -0.2) is 0 Å². The average Bonchev–Trinajstić information content (AvgIpc) is 2.20. The van der Waals surface area contributed by atoms with Crippen LogP contribution in [0.2, 0.25) is 0 Å². The van der Waals surface area contributed by atoms with Gasteiger partial charge < -0.3 is 4.74 Å². The number of ether oxygens (including phenoxy) is 1. The number of carbonyl (C=O) groups is 2. The molecule has 4 nitrogen and oxygen atoms in total. The van der Waals surface area contributed by atoms with E-state index in [1.54, 1.807) is 32.9 Å². The Morgan fingerprint density at radius 3 is 2.21 bits per heavy atom. The van der Waals surface area contributed by atoms with E-state index in [4.69, 9.17) is 10.5 Å². The highest BCUT2D eigenvalue weighted by atomic mass is 127. The summed E-state index contributed by atoms with van der Waals surface area (Å²) in [5.74, 6) is -2.81. The standard InChI is InChI=1S/C13H14I2NO3/c1-13(2,3)19-12(18)10(11(16)17)7-4-5-8(14)9(15)6-7/h4-6,10,16H,1-3H3. The zero-order valence-electron chi connectivity index (χ0n) is 10.8. The lowest BCUT2D eigenvalue weighted by molar-refractivity contribution is -0.158. The minimum Gasteiger partial charge on any atom is -0.459 e. The number of benzene rings is 1. The molecule has 0 heterocycles. The molecule has 0 spiro atoms. The van der Waals surface area contributed by atoms with Crippen LogP contribution in [0.5, 0.6) is 0 Å². The second kappa shape index (κ2) is 6.38. The van der Waals surface area contributed by atoms with Gasteiger partial charge in [0.05, 0.1) is 0 Å². The van der Waals surface area contributed by atoms with Crippen molar-refractivity contribution in [1.82, 2.24) is 5.73 Å². The fraction of sp³-hybridized carbons (Fsp3) is 0.385. The smallest absolute Gasteiger partial charge is 0.323 e. The summed E-state index contributed by atoms with van der Waals surface area (Å²) < 4.78 is 7.17. The van der Waals surface area contributed by atoms with Crippen molar-refractivity contribution in [3.05, 3.63) is 30.9 Å². The molecule has 0 bridgehead atoms. The van der Waals surface area contributed by atoms with Crippen LogP contribution in [-0.2, 0) is 14.3 Å². The summed E-state index contributed by atoms with van der Waals surface area (Å²) in [6.07, 6.45) is 0. The molecule has 1 atom stereocenters. The van der Waals surface area contributed by atoms with Crippen LogP contribution in [0.1, 0.15) is 32.3 Å². The molecule has 103 valence electrons. The van der Waals surface area contributed by atoms with Crippen LogP contribution in [0.3, 0.4) is 0 Å². The lowest BCUT2D eigenvalue weighted by Gasteiger charge is -2.22. The van der Waals surface area contributed by atoms with Crippen LogP contribution in [-0.4, -0.2) is 17.5 Å². The summed E-state index contributed by atoms with van der Waals surface area (Å²) in [5.41, 5.74) is 7.11. The van der Waals surface area contributed by atoms with E-state index in [1.165, 1.54) is 0 Å². The van der Waals surface area contributed by atoms with Crippen molar-refractivity contribution < 1.29 is 14.3 Å². The Bertz CT molecular complexity index is 509. The van der Waals surface area contributed by atoms with E-state index in [-0.39, 0.29) is 0 Å². The van der Waals surface area contributed by atoms with Crippen molar-refractivity contribution in [1.29, 1.82) is 0 Å². The van der Waals surface area contributed by atoms with Crippen LogP contribution in [0.15, 0.2) is 18.2 Å². The van der Waals surface area contributed by atoms with Gasteiger partial charge in [0.1, 0.15) is 5.60 Å². The van der Waals surface area contributed by atoms with Gasteiger partial charge in [0.25, 0.3) is 5.91 Å². The average molecular weight is 486 g/mol. The Labute approximate surface area is 139 Å². The molecule has 0 aliphatic rings. The molecule has 0 saturated carbocycles. The molecule has 1 amide bonds. The molecular weight excluding hydrogens is 472 g/mol. The second-order valence-electron chi connectivity index (χ2n) is 5.00. The second-order valence-corrected chi connectivity index (χ2v) is 7.33. The van der Waals surface area contributed by atoms with Crippen LogP contribution in [0.4, 0.5) is 0 Å². The lowest BCUT2D eigenvalue weighted by atomic mass is 9.98. The Balaban J connectivity index is 3.10. The highest BCUT2D eigenvalue weighted by molar-refractivity contribution is 14.1. The van der Waals surface area contributed by atoms with Gasteiger partial charge in [-0.2, -0.15) is 0 Å². The number of nitrogens with one attached hydrogen (secondary N) is 1. The molecule has 0 aliphatic carbocycles. The number of amides is 1. The molecule has 1 aromatic rings. The first-order valence-corrected chi connectivity index (χ1v) is 7.71. The molecule has 0 fully saturated rings. The molecule has 6 heteroatoms. The Morgan fingerprint density at radius 2 is 1.79 bits per heavy atom. The summed E-state index contributed by atoms with van der Waals surface area (Å²) in [6.45, 7) is 5.19. The molecule has 0 saturated heterocycles. The van der Waals surface area contributed by atoms with Crippen molar-refractivity contribution in [2.45, 2.75) is 32.3 Å². The number of hydrogen-bond donors (Lipinski definition) is 0. The quantitative estimate of drug-likeness (QED) is 0.375. The number of carbonyl (C=O) groups excluding carboxylic acids is 2. The highest BCUT2D eigenvalue weighted by Gasteiger charge is 2.31. The maximum absolute atomic E-state index is 12.0. The largest absolute Gasteiger partial charge is 0.459 e. The first-order chi connectivity index (χ1) is 8.61. The van der Waals surface area contributed by atoms with E-state index in [0.717, 1.165) is 7.14 Å². The third-order valence-electron chi connectivity index (χ3n) is 2.18. The third-order valence-corrected chi connectivity index (χ3v) is 5.05. The topological polar surface area (TPSA) is 67.2 Å². The SMILES string of the molecule is CC(C)(C)OC(=O)C(C([NH])=O)c1ccc(I)c(I)c1. The minimum atomic E-state index is -1.18. The van der Waals surface area contributed by atoms with Gasteiger partial charge in [0, 0.05) is 7.14 Å². The van der Waals surface area contributed by atoms with Gasteiger partial charge in [-0.15, -0.1) is 0 Å². The Kier molecular flexibility index (Phi) is 5.60. The van der Waals surface area contributed by atoms with Crippen LogP contribution in [0.25, 0.3) is 0 Å². The summed E-state index contributed by atoms with van der Waals surface area (Å²) in [7, 11) is 0. The van der Waals surface area contributed by atoms with Gasteiger partial charge in [0.15, 0.2) is 5.92 Å². The number of rotatable bonds is 3. The van der Waals surface area contributed by atoms with Crippen molar-refractivity contribution in [3.8, 4) is 0 Å².